The van der Waals surface area contributed by atoms with Crippen LogP contribution >= 0.6 is 0 Å². The van der Waals surface area contributed by atoms with Gasteiger partial charge in [-0.1, -0.05) is 18.2 Å². The Morgan fingerprint density at radius 1 is 1.18 bits per heavy atom. The highest BCUT2D eigenvalue weighted by Crippen LogP contribution is 2.30. The molecule has 3 rings (SSSR count). The molecule has 0 saturated heterocycles. The van der Waals surface area contributed by atoms with Crippen molar-refractivity contribution in [2.45, 2.75) is 13.8 Å². The lowest BCUT2D eigenvalue weighted by Crippen LogP contribution is -2.06. The SMILES string of the molecule is Cc1ccc2cnc(-c3c(C)ccc(C(=O)O)c3N)nc2c1. The first kappa shape index (κ1) is 14.0. The number of aryl methyl sites for hydroxylation is 2. The number of anilines is 1. The molecule has 1 heterocycles. The third-order valence-electron chi connectivity index (χ3n) is 3.65. The number of carboxylic acid groups (broad SMARTS) is 1. The average Bonchev–Trinajstić information content (AvgIpc) is 2.46. The Bertz CT molecular complexity index is 904. The van der Waals surface area contributed by atoms with Crippen molar-refractivity contribution in [2.75, 3.05) is 5.73 Å². The molecule has 0 unspecified atom stereocenters. The van der Waals surface area contributed by atoms with Crippen LogP contribution in [0, 0.1) is 13.8 Å². The Morgan fingerprint density at radius 2 is 1.95 bits per heavy atom. The van der Waals surface area contributed by atoms with E-state index in [1.165, 1.54) is 6.07 Å². The first-order valence-corrected chi connectivity index (χ1v) is 6.83. The molecular formula is C17H15N3O2. The van der Waals surface area contributed by atoms with Crippen LogP contribution in [-0.4, -0.2) is 21.0 Å². The van der Waals surface area contributed by atoms with E-state index >= 15 is 0 Å². The number of carbonyl (C=O) groups is 1. The Hall–Kier alpha value is -2.95. The number of rotatable bonds is 2. The average molecular weight is 293 g/mol. The number of hydrogen-bond donors (Lipinski definition) is 2. The summed E-state index contributed by atoms with van der Waals surface area (Å²) in [6, 6.07) is 9.14. The quantitative estimate of drug-likeness (QED) is 0.708. The summed E-state index contributed by atoms with van der Waals surface area (Å²) in [5.74, 6) is -0.619. The molecule has 0 aliphatic carbocycles. The number of hydrogen-bond acceptors (Lipinski definition) is 4. The summed E-state index contributed by atoms with van der Waals surface area (Å²) < 4.78 is 0. The second-order valence-electron chi connectivity index (χ2n) is 5.28. The van der Waals surface area contributed by atoms with Gasteiger partial charge in [0.1, 0.15) is 0 Å². The van der Waals surface area contributed by atoms with Crippen molar-refractivity contribution in [1.29, 1.82) is 0 Å². The molecule has 3 aromatic rings. The molecule has 0 saturated carbocycles. The lowest BCUT2D eigenvalue weighted by Gasteiger charge is -2.11. The summed E-state index contributed by atoms with van der Waals surface area (Å²) in [5.41, 5.74) is 9.61. The normalized spacial score (nSPS) is 10.8. The maximum absolute atomic E-state index is 11.3. The standard InChI is InChI=1S/C17H15N3O2/c1-9-3-5-11-8-19-16(20-13(11)7-9)14-10(2)4-6-12(15(14)18)17(21)22/h3-8H,18H2,1-2H3,(H,21,22). The van der Waals surface area contributed by atoms with Crippen molar-refractivity contribution in [2.24, 2.45) is 0 Å². The second-order valence-corrected chi connectivity index (χ2v) is 5.28. The molecule has 110 valence electrons. The zero-order valence-electron chi connectivity index (χ0n) is 12.3. The summed E-state index contributed by atoms with van der Waals surface area (Å²) in [6.07, 6.45) is 1.73. The van der Waals surface area contributed by atoms with Crippen LogP contribution in [0.4, 0.5) is 5.69 Å². The summed E-state index contributed by atoms with van der Waals surface area (Å²) in [5, 5.41) is 10.1. The Labute approximate surface area is 127 Å². The number of nitrogens with two attached hydrogens (primary N) is 1. The van der Waals surface area contributed by atoms with Crippen LogP contribution in [0.5, 0.6) is 0 Å². The lowest BCUT2D eigenvalue weighted by atomic mass is 10.0. The highest BCUT2D eigenvalue weighted by molar-refractivity contribution is 5.98. The number of fused-ring (bicyclic) bond motifs is 1. The van der Waals surface area contributed by atoms with Gasteiger partial charge in [0.25, 0.3) is 0 Å². The van der Waals surface area contributed by atoms with Crippen molar-refractivity contribution in [3.8, 4) is 11.4 Å². The molecule has 0 radical (unpaired) electrons. The van der Waals surface area contributed by atoms with E-state index in [-0.39, 0.29) is 11.3 Å². The molecule has 0 aliphatic rings. The van der Waals surface area contributed by atoms with E-state index in [1.807, 2.05) is 32.0 Å². The van der Waals surface area contributed by atoms with Crippen LogP contribution < -0.4 is 5.73 Å². The van der Waals surface area contributed by atoms with Crippen LogP contribution in [0.2, 0.25) is 0 Å². The third kappa shape index (κ3) is 2.26. The highest BCUT2D eigenvalue weighted by Gasteiger charge is 2.17. The summed E-state index contributed by atoms with van der Waals surface area (Å²) in [7, 11) is 0. The van der Waals surface area contributed by atoms with E-state index < -0.39 is 5.97 Å². The minimum Gasteiger partial charge on any atom is -0.478 e. The zero-order chi connectivity index (χ0) is 15.9. The van der Waals surface area contributed by atoms with Gasteiger partial charge in [-0.3, -0.25) is 0 Å². The molecule has 1 aromatic heterocycles. The molecule has 0 atom stereocenters. The predicted octanol–water partition coefficient (Wildman–Crippen LogP) is 3.19. The van der Waals surface area contributed by atoms with Crippen molar-refractivity contribution < 1.29 is 9.90 Å². The molecule has 5 heteroatoms. The molecule has 0 amide bonds. The molecule has 5 nitrogen and oxygen atoms in total. The van der Waals surface area contributed by atoms with Crippen LogP contribution in [0.1, 0.15) is 21.5 Å². The second kappa shape index (κ2) is 5.11. The van der Waals surface area contributed by atoms with Gasteiger partial charge in [-0.25, -0.2) is 14.8 Å². The van der Waals surface area contributed by atoms with Gasteiger partial charge < -0.3 is 10.8 Å². The third-order valence-corrected chi connectivity index (χ3v) is 3.65. The molecule has 3 N–H and O–H groups in total. The maximum Gasteiger partial charge on any atom is 0.337 e. The molecule has 22 heavy (non-hydrogen) atoms. The Morgan fingerprint density at radius 3 is 2.68 bits per heavy atom. The van der Waals surface area contributed by atoms with E-state index in [0.717, 1.165) is 22.0 Å². The van der Waals surface area contributed by atoms with Gasteiger partial charge in [0.15, 0.2) is 5.82 Å². The number of aromatic carboxylic acids is 1. The fourth-order valence-corrected chi connectivity index (χ4v) is 2.47. The minimum absolute atomic E-state index is 0.0635. The van der Waals surface area contributed by atoms with Gasteiger partial charge >= 0.3 is 5.97 Å². The van der Waals surface area contributed by atoms with Crippen molar-refractivity contribution in [3.63, 3.8) is 0 Å². The summed E-state index contributed by atoms with van der Waals surface area (Å²) >= 11 is 0. The molecule has 0 spiro atoms. The van der Waals surface area contributed by atoms with Crippen molar-refractivity contribution in [1.82, 2.24) is 9.97 Å². The van der Waals surface area contributed by atoms with Crippen LogP contribution in [0.3, 0.4) is 0 Å². The van der Waals surface area contributed by atoms with E-state index in [2.05, 4.69) is 9.97 Å². The van der Waals surface area contributed by atoms with E-state index in [1.54, 1.807) is 12.3 Å². The number of nitrogen functional groups attached to an aromatic ring is 1. The molecule has 0 aliphatic heterocycles. The number of aromatic nitrogens is 2. The van der Waals surface area contributed by atoms with Gasteiger partial charge in [0.2, 0.25) is 0 Å². The van der Waals surface area contributed by atoms with Gasteiger partial charge in [0.05, 0.1) is 16.8 Å². The topological polar surface area (TPSA) is 89.1 Å². The maximum atomic E-state index is 11.3. The van der Waals surface area contributed by atoms with E-state index in [9.17, 15) is 9.90 Å². The summed E-state index contributed by atoms with van der Waals surface area (Å²) in [6.45, 7) is 3.85. The minimum atomic E-state index is -1.06. The largest absolute Gasteiger partial charge is 0.478 e. The van der Waals surface area contributed by atoms with Gasteiger partial charge in [-0.2, -0.15) is 0 Å². The molecule has 0 bridgehead atoms. The smallest absolute Gasteiger partial charge is 0.337 e. The van der Waals surface area contributed by atoms with E-state index in [4.69, 9.17) is 5.73 Å². The molecular weight excluding hydrogens is 278 g/mol. The predicted molar refractivity (Wildman–Crippen MR) is 85.8 cm³/mol. The first-order valence-electron chi connectivity index (χ1n) is 6.83. The highest BCUT2D eigenvalue weighted by atomic mass is 16.4. The van der Waals surface area contributed by atoms with Gasteiger partial charge in [-0.05, 0) is 37.1 Å². The molecule has 0 fully saturated rings. The Kier molecular flexibility index (Phi) is 3.25. The van der Waals surface area contributed by atoms with E-state index in [0.29, 0.717) is 11.4 Å². The van der Waals surface area contributed by atoms with Crippen LogP contribution in [-0.2, 0) is 0 Å². The van der Waals surface area contributed by atoms with Crippen molar-refractivity contribution >= 4 is 22.6 Å². The monoisotopic (exact) mass is 293 g/mol. The van der Waals surface area contributed by atoms with Crippen molar-refractivity contribution in [3.05, 3.63) is 53.2 Å². The lowest BCUT2D eigenvalue weighted by molar-refractivity contribution is 0.0698. The fraction of sp³-hybridized carbons (Fsp3) is 0.118. The first-order chi connectivity index (χ1) is 10.5. The van der Waals surface area contributed by atoms with Gasteiger partial charge in [-0.15, -0.1) is 0 Å². The summed E-state index contributed by atoms with van der Waals surface area (Å²) in [4.78, 5) is 20.1. The fourth-order valence-electron chi connectivity index (χ4n) is 2.47. The number of benzene rings is 2. The number of nitrogens with zero attached hydrogens (tertiary/aromatic N) is 2. The van der Waals surface area contributed by atoms with Crippen LogP contribution in [0.15, 0.2) is 36.5 Å². The molecule has 2 aromatic carbocycles. The zero-order valence-corrected chi connectivity index (χ0v) is 12.3. The number of carboxylic acids is 1. The van der Waals surface area contributed by atoms with Crippen LogP contribution in [0.25, 0.3) is 22.3 Å². The Balaban J connectivity index is 2.27. The van der Waals surface area contributed by atoms with Gasteiger partial charge in [0, 0.05) is 17.1 Å².